The third kappa shape index (κ3) is 2.74. The molecule has 0 N–H and O–H groups in total. The minimum absolute atomic E-state index is 0.0887. The second-order valence-electron chi connectivity index (χ2n) is 5.68. The van der Waals surface area contributed by atoms with Crippen molar-refractivity contribution in [2.75, 3.05) is 6.61 Å². The lowest BCUT2D eigenvalue weighted by Gasteiger charge is -2.17. The van der Waals surface area contributed by atoms with Crippen LogP contribution in [0.3, 0.4) is 0 Å². The monoisotopic (exact) mass is 246 g/mol. The summed E-state index contributed by atoms with van der Waals surface area (Å²) in [5.41, 5.74) is 1.56. The Labute approximate surface area is 109 Å². The van der Waals surface area contributed by atoms with E-state index in [1.807, 2.05) is 13.0 Å². The first-order chi connectivity index (χ1) is 8.57. The van der Waals surface area contributed by atoms with E-state index in [2.05, 4.69) is 38.1 Å². The molecule has 0 amide bonds. The molecule has 3 unspecified atom stereocenters. The molecule has 98 valence electrons. The van der Waals surface area contributed by atoms with E-state index in [0.29, 0.717) is 24.9 Å². The lowest BCUT2D eigenvalue weighted by atomic mass is 9.91. The molecule has 0 radical (unpaired) electrons. The van der Waals surface area contributed by atoms with Crippen LogP contribution in [0.4, 0.5) is 0 Å². The average molecular weight is 246 g/mol. The van der Waals surface area contributed by atoms with Gasteiger partial charge >= 0.3 is 5.97 Å². The number of carbonyl (C=O) groups excluding carboxylic acids is 1. The van der Waals surface area contributed by atoms with Crippen molar-refractivity contribution in [2.24, 2.45) is 11.3 Å². The Morgan fingerprint density at radius 1 is 1.44 bits per heavy atom. The SMILES string of the molecule is CCC(=O)OCC1(C)CC1C(C)c1ccccc1. The van der Waals surface area contributed by atoms with Crippen molar-refractivity contribution in [3.63, 3.8) is 0 Å². The van der Waals surface area contributed by atoms with Gasteiger partial charge in [-0.15, -0.1) is 0 Å². The highest BCUT2D eigenvalue weighted by Crippen LogP contribution is 2.58. The van der Waals surface area contributed by atoms with Gasteiger partial charge in [0.05, 0.1) is 6.61 Å². The van der Waals surface area contributed by atoms with Crippen LogP contribution in [-0.4, -0.2) is 12.6 Å². The quantitative estimate of drug-likeness (QED) is 0.739. The largest absolute Gasteiger partial charge is 0.465 e. The lowest BCUT2D eigenvalue weighted by Crippen LogP contribution is -2.15. The third-order valence-electron chi connectivity index (χ3n) is 4.20. The van der Waals surface area contributed by atoms with Gasteiger partial charge in [-0.2, -0.15) is 0 Å². The van der Waals surface area contributed by atoms with Crippen molar-refractivity contribution >= 4 is 5.97 Å². The van der Waals surface area contributed by atoms with Crippen LogP contribution in [0.15, 0.2) is 30.3 Å². The maximum absolute atomic E-state index is 11.2. The van der Waals surface area contributed by atoms with Crippen molar-refractivity contribution in [1.82, 2.24) is 0 Å². The van der Waals surface area contributed by atoms with Gasteiger partial charge in [0, 0.05) is 11.8 Å². The van der Waals surface area contributed by atoms with Gasteiger partial charge in [0.1, 0.15) is 0 Å². The van der Waals surface area contributed by atoms with Crippen molar-refractivity contribution in [3.8, 4) is 0 Å². The van der Waals surface area contributed by atoms with Crippen LogP contribution in [0.1, 0.15) is 45.1 Å². The number of hydrogen-bond acceptors (Lipinski definition) is 2. The van der Waals surface area contributed by atoms with E-state index < -0.39 is 0 Å². The van der Waals surface area contributed by atoms with Gasteiger partial charge < -0.3 is 4.74 Å². The fraction of sp³-hybridized carbons (Fsp3) is 0.562. The zero-order valence-corrected chi connectivity index (χ0v) is 11.5. The van der Waals surface area contributed by atoms with E-state index in [-0.39, 0.29) is 11.4 Å². The highest BCUT2D eigenvalue weighted by atomic mass is 16.5. The molecule has 0 bridgehead atoms. The molecule has 2 rings (SSSR count). The molecule has 1 fully saturated rings. The predicted molar refractivity (Wildman–Crippen MR) is 72.3 cm³/mol. The van der Waals surface area contributed by atoms with E-state index in [0.717, 1.165) is 6.42 Å². The molecule has 0 aliphatic heterocycles. The minimum Gasteiger partial charge on any atom is -0.465 e. The molecule has 1 aliphatic carbocycles. The second kappa shape index (κ2) is 5.13. The van der Waals surface area contributed by atoms with Gasteiger partial charge in [0.2, 0.25) is 0 Å². The number of rotatable bonds is 5. The van der Waals surface area contributed by atoms with Crippen molar-refractivity contribution < 1.29 is 9.53 Å². The normalized spacial score (nSPS) is 27.6. The number of carbonyl (C=O) groups is 1. The molecular formula is C16H22O2. The van der Waals surface area contributed by atoms with Crippen LogP contribution >= 0.6 is 0 Å². The fourth-order valence-corrected chi connectivity index (χ4v) is 2.73. The van der Waals surface area contributed by atoms with Crippen LogP contribution in [-0.2, 0) is 9.53 Å². The van der Waals surface area contributed by atoms with Crippen LogP contribution in [0, 0.1) is 11.3 Å². The maximum Gasteiger partial charge on any atom is 0.305 e. The van der Waals surface area contributed by atoms with Gasteiger partial charge in [-0.1, -0.05) is 51.1 Å². The molecule has 0 saturated heterocycles. The Balaban J connectivity index is 1.91. The molecule has 1 aliphatic rings. The van der Waals surface area contributed by atoms with Crippen molar-refractivity contribution in [2.45, 2.75) is 39.5 Å². The van der Waals surface area contributed by atoms with Gasteiger partial charge in [-0.05, 0) is 23.8 Å². The molecule has 1 aromatic carbocycles. The highest BCUT2D eigenvalue weighted by molar-refractivity contribution is 5.68. The molecule has 0 spiro atoms. The summed E-state index contributed by atoms with van der Waals surface area (Å²) in [6, 6.07) is 10.6. The summed E-state index contributed by atoms with van der Waals surface area (Å²) in [4.78, 5) is 11.2. The first-order valence-electron chi connectivity index (χ1n) is 6.77. The maximum atomic E-state index is 11.2. The lowest BCUT2D eigenvalue weighted by molar-refractivity contribution is -0.145. The Kier molecular flexibility index (Phi) is 3.74. The number of esters is 1. The van der Waals surface area contributed by atoms with Gasteiger partial charge in [0.25, 0.3) is 0 Å². The zero-order valence-electron chi connectivity index (χ0n) is 11.5. The summed E-state index contributed by atoms with van der Waals surface area (Å²) in [5.74, 6) is 1.08. The van der Waals surface area contributed by atoms with Crippen LogP contribution in [0.2, 0.25) is 0 Å². The molecule has 18 heavy (non-hydrogen) atoms. The van der Waals surface area contributed by atoms with Gasteiger partial charge in [0.15, 0.2) is 0 Å². The molecule has 0 aromatic heterocycles. The molecule has 1 saturated carbocycles. The summed E-state index contributed by atoms with van der Waals surface area (Å²) >= 11 is 0. The fourth-order valence-electron chi connectivity index (χ4n) is 2.73. The van der Waals surface area contributed by atoms with E-state index in [4.69, 9.17) is 4.74 Å². The Morgan fingerprint density at radius 3 is 2.72 bits per heavy atom. The molecule has 2 heteroatoms. The van der Waals surface area contributed by atoms with E-state index >= 15 is 0 Å². The zero-order chi connectivity index (χ0) is 13.2. The second-order valence-corrected chi connectivity index (χ2v) is 5.68. The smallest absolute Gasteiger partial charge is 0.305 e. The molecule has 2 nitrogen and oxygen atoms in total. The molecule has 0 heterocycles. The molecule has 1 aromatic rings. The van der Waals surface area contributed by atoms with Crippen molar-refractivity contribution in [3.05, 3.63) is 35.9 Å². The number of benzene rings is 1. The Hall–Kier alpha value is -1.31. The number of ether oxygens (including phenoxy) is 1. The van der Waals surface area contributed by atoms with Crippen molar-refractivity contribution in [1.29, 1.82) is 0 Å². The van der Waals surface area contributed by atoms with Crippen LogP contribution in [0.5, 0.6) is 0 Å². The standard InChI is InChI=1S/C16H22O2/c1-4-15(17)18-11-16(3)10-14(16)12(2)13-8-6-5-7-9-13/h5-9,12,14H,4,10-11H2,1-3H3. The summed E-state index contributed by atoms with van der Waals surface area (Å²) in [7, 11) is 0. The van der Waals surface area contributed by atoms with Crippen LogP contribution < -0.4 is 0 Å². The van der Waals surface area contributed by atoms with E-state index in [9.17, 15) is 4.79 Å². The van der Waals surface area contributed by atoms with E-state index in [1.54, 1.807) is 0 Å². The van der Waals surface area contributed by atoms with Gasteiger partial charge in [-0.3, -0.25) is 4.79 Å². The third-order valence-corrected chi connectivity index (χ3v) is 4.20. The number of hydrogen-bond donors (Lipinski definition) is 0. The topological polar surface area (TPSA) is 26.3 Å². The average Bonchev–Trinajstić information content (AvgIpc) is 3.09. The molecular weight excluding hydrogens is 224 g/mol. The van der Waals surface area contributed by atoms with E-state index in [1.165, 1.54) is 5.56 Å². The summed E-state index contributed by atoms with van der Waals surface area (Å²) < 4.78 is 5.30. The predicted octanol–water partition coefficient (Wildman–Crippen LogP) is 3.77. The van der Waals surface area contributed by atoms with Gasteiger partial charge in [-0.25, -0.2) is 0 Å². The Morgan fingerprint density at radius 2 is 2.11 bits per heavy atom. The highest BCUT2D eigenvalue weighted by Gasteiger charge is 2.53. The molecule has 3 atom stereocenters. The first kappa shape index (κ1) is 13.1. The summed E-state index contributed by atoms with van der Waals surface area (Å²) in [6.45, 7) is 6.90. The summed E-state index contributed by atoms with van der Waals surface area (Å²) in [5, 5.41) is 0. The Bertz CT molecular complexity index is 412. The summed E-state index contributed by atoms with van der Waals surface area (Å²) in [6.07, 6.45) is 1.62. The van der Waals surface area contributed by atoms with Crippen LogP contribution in [0.25, 0.3) is 0 Å². The minimum atomic E-state index is -0.0887. The first-order valence-corrected chi connectivity index (χ1v) is 6.77.